The molecule has 150 valence electrons. The van der Waals surface area contributed by atoms with Gasteiger partial charge in [0.05, 0.1) is 16.2 Å². The van der Waals surface area contributed by atoms with Crippen molar-refractivity contribution in [3.8, 4) is 5.75 Å². The minimum absolute atomic E-state index is 0.0745. The number of hydrogen-bond acceptors (Lipinski definition) is 5. The van der Waals surface area contributed by atoms with Crippen molar-refractivity contribution in [1.82, 2.24) is 4.90 Å². The van der Waals surface area contributed by atoms with Gasteiger partial charge in [0.1, 0.15) is 16.6 Å². The summed E-state index contributed by atoms with van der Waals surface area (Å²) in [5.41, 5.74) is -0.729. The first kappa shape index (κ1) is 20.9. The maximum absolute atomic E-state index is 13.0. The number of carbonyl (C=O) groups is 2. The van der Waals surface area contributed by atoms with E-state index in [-0.39, 0.29) is 15.0 Å². The Morgan fingerprint density at radius 2 is 1.83 bits per heavy atom. The van der Waals surface area contributed by atoms with Crippen molar-refractivity contribution in [3.63, 3.8) is 0 Å². The van der Waals surface area contributed by atoms with E-state index >= 15 is 0 Å². The van der Waals surface area contributed by atoms with Gasteiger partial charge in [-0.3, -0.25) is 14.5 Å². The topological polar surface area (TPSA) is 69.6 Å². The molecule has 0 radical (unpaired) electrons. The fraction of sp³-hybridized carbons (Fsp3) is 0.105. The van der Waals surface area contributed by atoms with Crippen LogP contribution in [0, 0.1) is 0 Å². The van der Waals surface area contributed by atoms with Gasteiger partial charge in [0, 0.05) is 0 Å². The molecule has 29 heavy (non-hydrogen) atoms. The Bertz CT molecular complexity index is 1000. The molecule has 5 nitrogen and oxygen atoms in total. The fourth-order valence-electron chi connectivity index (χ4n) is 2.53. The number of thioether (sulfide) groups is 1. The Labute approximate surface area is 173 Å². The van der Waals surface area contributed by atoms with Gasteiger partial charge in [-0.15, -0.1) is 0 Å². The number of nitrogens with zero attached hydrogens (tertiary/aromatic N) is 1. The lowest BCUT2D eigenvalue weighted by Gasteiger charge is -2.16. The highest BCUT2D eigenvalue weighted by atomic mass is 32.2. The van der Waals surface area contributed by atoms with Crippen LogP contribution in [0.4, 0.5) is 18.9 Å². The maximum atomic E-state index is 13.0. The number of rotatable bonds is 4. The average Bonchev–Trinajstić information content (AvgIpc) is 2.90. The largest absolute Gasteiger partial charge is 0.508 e. The van der Waals surface area contributed by atoms with Gasteiger partial charge in [-0.25, -0.2) is 0 Å². The Balaban J connectivity index is 1.72. The number of phenols is 1. The van der Waals surface area contributed by atoms with Crippen molar-refractivity contribution in [3.05, 3.63) is 64.6 Å². The number of amides is 2. The first-order valence-electron chi connectivity index (χ1n) is 8.15. The molecular weight excluding hydrogens is 425 g/mol. The highest BCUT2D eigenvalue weighted by molar-refractivity contribution is 8.26. The predicted molar refractivity (Wildman–Crippen MR) is 108 cm³/mol. The van der Waals surface area contributed by atoms with E-state index in [0.29, 0.717) is 5.56 Å². The summed E-state index contributed by atoms with van der Waals surface area (Å²) in [4.78, 5) is 26.1. The first-order valence-corrected chi connectivity index (χ1v) is 9.38. The molecule has 0 saturated carbocycles. The predicted octanol–water partition coefficient (Wildman–Crippen LogP) is 4.25. The quantitative estimate of drug-likeness (QED) is 0.552. The van der Waals surface area contributed by atoms with Gasteiger partial charge in [-0.2, -0.15) is 13.2 Å². The highest BCUT2D eigenvalue weighted by Gasteiger charge is 2.35. The normalized spacial score (nSPS) is 15.8. The molecule has 10 heteroatoms. The molecule has 3 rings (SSSR count). The average molecular weight is 438 g/mol. The minimum atomic E-state index is -4.63. The minimum Gasteiger partial charge on any atom is -0.508 e. The Morgan fingerprint density at radius 1 is 1.17 bits per heavy atom. The molecule has 0 spiro atoms. The zero-order valence-corrected chi connectivity index (χ0v) is 16.2. The van der Waals surface area contributed by atoms with E-state index in [0.717, 1.165) is 28.8 Å². The molecule has 0 unspecified atom stereocenters. The van der Waals surface area contributed by atoms with E-state index in [1.807, 2.05) is 0 Å². The Kier molecular flexibility index (Phi) is 5.94. The van der Waals surface area contributed by atoms with Crippen LogP contribution in [-0.2, 0) is 15.8 Å². The molecule has 0 bridgehead atoms. The number of hydrogen-bond donors (Lipinski definition) is 2. The second-order valence-corrected chi connectivity index (χ2v) is 7.63. The third-order valence-corrected chi connectivity index (χ3v) is 5.25. The summed E-state index contributed by atoms with van der Waals surface area (Å²) in [5.74, 6) is -1.25. The summed E-state index contributed by atoms with van der Waals surface area (Å²) in [6.07, 6.45) is -3.08. The SMILES string of the molecule is O=C(CN1C(=O)/C(=C/c2ccc(O)cc2)SC1=S)Nc1ccccc1C(F)(F)F. The summed E-state index contributed by atoms with van der Waals surface area (Å²) < 4.78 is 39.3. The number of aromatic hydroxyl groups is 1. The van der Waals surface area contributed by atoms with Crippen LogP contribution in [0.15, 0.2) is 53.4 Å². The van der Waals surface area contributed by atoms with Gasteiger partial charge in [0.25, 0.3) is 5.91 Å². The zero-order chi connectivity index (χ0) is 21.2. The summed E-state index contributed by atoms with van der Waals surface area (Å²) in [6, 6.07) is 10.7. The summed E-state index contributed by atoms with van der Waals surface area (Å²) in [5, 5.41) is 11.5. The smallest absolute Gasteiger partial charge is 0.418 e. The van der Waals surface area contributed by atoms with Gasteiger partial charge in [-0.1, -0.05) is 48.2 Å². The van der Waals surface area contributed by atoms with Crippen molar-refractivity contribution in [2.24, 2.45) is 0 Å². The number of phenolic OH excluding ortho intramolecular Hbond substituents is 1. The molecule has 1 saturated heterocycles. The summed E-state index contributed by atoms with van der Waals surface area (Å²) in [6.45, 7) is -0.510. The standard InChI is InChI=1S/C19H13F3N2O3S2/c20-19(21,22)13-3-1-2-4-14(13)23-16(26)10-24-17(27)15(29-18(24)28)9-11-5-7-12(25)8-6-11/h1-9,25H,10H2,(H,23,26)/b15-9-. The number of benzene rings is 2. The number of alkyl halides is 3. The van der Waals surface area contributed by atoms with Crippen LogP contribution in [0.3, 0.4) is 0 Å². The number of carbonyl (C=O) groups excluding carboxylic acids is 2. The molecule has 2 N–H and O–H groups in total. The molecule has 2 aromatic rings. The zero-order valence-electron chi connectivity index (χ0n) is 14.6. The van der Waals surface area contributed by atoms with Crippen molar-refractivity contribution >= 4 is 51.9 Å². The van der Waals surface area contributed by atoms with E-state index in [2.05, 4.69) is 5.32 Å². The number of halogens is 3. The van der Waals surface area contributed by atoms with Gasteiger partial charge in [0.2, 0.25) is 5.91 Å². The van der Waals surface area contributed by atoms with Crippen LogP contribution in [-0.4, -0.2) is 32.7 Å². The molecular formula is C19H13F3N2O3S2. The van der Waals surface area contributed by atoms with Crippen LogP contribution >= 0.6 is 24.0 Å². The molecule has 1 fully saturated rings. The molecule has 2 amide bonds. The summed E-state index contributed by atoms with van der Waals surface area (Å²) >= 11 is 6.11. The van der Waals surface area contributed by atoms with Gasteiger partial charge < -0.3 is 10.4 Å². The van der Waals surface area contributed by atoms with Crippen LogP contribution in [0.1, 0.15) is 11.1 Å². The van der Waals surface area contributed by atoms with Crippen molar-refractivity contribution in [1.29, 1.82) is 0 Å². The number of anilines is 1. The van der Waals surface area contributed by atoms with E-state index in [4.69, 9.17) is 12.2 Å². The molecule has 1 heterocycles. The molecule has 2 aromatic carbocycles. The third-order valence-electron chi connectivity index (χ3n) is 3.87. The van der Waals surface area contributed by atoms with Crippen LogP contribution in [0.5, 0.6) is 5.75 Å². The van der Waals surface area contributed by atoms with E-state index in [1.165, 1.54) is 24.3 Å². The molecule has 0 atom stereocenters. The van der Waals surface area contributed by atoms with E-state index in [1.54, 1.807) is 18.2 Å². The molecule has 1 aliphatic rings. The van der Waals surface area contributed by atoms with Gasteiger partial charge >= 0.3 is 6.18 Å². The fourth-order valence-corrected chi connectivity index (χ4v) is 3.79. The van der Waals surface area contributed by atoms with Gasteiger partial charge in [-0.05, 0) is 35.9 Å². The second-order valence-electron chi connectivity index (χ2n) is 5.95. The van der Waals surface area contributed by atoms with Crippen molar-refractivity contribution in [2.45, 2.75) is 6.18 Å². The van der Waals surface area contributed by atoms with Crippen LogP contribution in [0.2, 0.25) is 0 Å². The molecule has 0 aliphatic carbocycles. The second kappa shape index (κ2) is 8.26. The number of para-hydroxylation sites is 1. The monoisotopic (exact) mass is 438 g/mol. The van der Waals surface area contributed by atoms with Gasteiger partial charge in [0.15, 0.2) is 0 Å². The number of thiocarbonyl (C=S) groups is 1. The van der Waals surface area contributed by atoms with E-state index in [9.17, 15) is 27.9 Å². The van der Waals surface area contributed by atoms with Crippen molar-refractivity contribution in [2.75, 3.05) is 11.9 Å². The van der Waals surface area contributed by atoms with E-state index < -0.39 is 35.8 Å². The van der Waals surface area contributed by atoms with Crippen LogP contribution < -0.4 is 5.32 Å². The van der Waals surface area contributed by atoms with Crippen LogP contribution in [0.25, 0.3) is 6.08 Å². The molecule has 0 aromatic heterocycles. The maximum Gasteiger partial charge on any atom is 0.418 e. The Hall–Kier alpha value is -2.85. The molecule has 1 aliphatic heterocycles. The highest BCUT2D eigenvalue weighted by Crippen LogP contribution is 2.35. The first-order chi connectivity index (χ1) is 13.6. The number of nitrogens with one attached hydrogen (secondary N) is 1. The lowest BCUT2D eigenvalue weighted by molar-refractivity contribution is -0.137. The third kappa shape index (κ3) is 4.96. The lowest BCUT2D eigenvalue weighted by atomic mass is 10.1. The Morgan fingerprint density at radius 3 is 2.48 bits per heavy atom. The summed E-state index contributed by atoms with van der Waals surface area (Å²) in [7, 11) is 0. The van der Waals surface area contributed by atoms with Crippen molar-refractivity contribution < 1.29 is 27.9 Å². The lowest BCUT2D eigenvalue weighted by Crippen LogP contribution is -2.36.